The first-order valence-electron chi connectivity index (χ1n) is 14.9. The Labute approximate surface area is 270 Å². The molecule has 0 saturated carbocycles. The molecule has 0 bridgehead atoms. The third kappa shape index (κ3) is 7.16. The molecule has 3 aromatic carbocycles. The zero-order valence-corrected chi connectivity index (χ0v) is 26.5. The van der Waals surface area contributed by atoms with Gasteiger partial charge in [0.25, 0.3) is 11.6 Å². The standard InChI is InChI=1S/C33H35N5O7S/c1-42-28-9-3-23(17-30(28)43-2)11-12-35(19-24-4-10-29-31(18-24)45-22-44-29)20-32-34-27(21-46-32)33(39)37-15-13-36(14-16-37)25-5-7-26(8-6-25)38(40)41/h3-10,17-18,21H,11-16,19-20,22H2,1-2H3. The summed E-state index contributed by atoms with van der Waals surface area (Å²) in [5, 5.41) is 13.7. The van der Waals surface area contributed by atoms with Crippen molar-refractivity contribution in [1.29, 1.82) is 0 Å². The van der Waals surface area contributed by atoms with Gasteiger partial charge in [-0.1, -0.05) is 12.1 Å². The zero-order valence-electron chi connectivity index (χ0n) is 25.7. The summed E-state index contributed by atoms with van der Waals surface area (Å²) in [6.07, 6.45) is 0.779. The van der Waals surface area contributed by atoms with E-state index in [2.05, 4.69) is 9.80 Å². The van der Waals surface area contributed by atoms with Crippen LogP contribution in [-0.4, -0.2) is 79.4 Å². The Hall–Kier alpha value is -4.88. The number of nitro groups is 1. The number of aromatic nitrogens is 1. The molecule has 0 spiro atoms. The lowest BCUT2D eigenvalue weighted by Crippen LogP contribution is -2.48. The fourth-order valence-electron chi connectivity index (χ4n) is 5.62. The highest BCUT2D eigenvalue weighted by molar-refractivity contribution is 7.09. The number of benzene rings is 3. The Balaban J connectivity index is 1.10. The van der Waals surface area contributed by atoms with Crippen LogP contribution in [0.3, 0.4) is 0 Å². The van der Waals surface area contributed by atoms with Gasteiger partial charge in [0, 0.05) is 62.5 Å². The van der Waals surface area contributed by atoms with E-state index in [0.717, 1.165) is 46.3 Å². The molecule has 3 heterocycles. The van der Waals surface area contributed by atoms with Crippen molar-refractivity contribution in [2.75, 3.05) is 58.6 Å². The van der Waals surface area contributed by atoms with Gasteiger partial charge in [-0.3, -0.25) is 19.8 Å². The minimum atomic E-state index is -0.405. The minimum absolute atomic E-state index is 0.0623. The highest BCUT2D eigenvalue weighted by Crippen LogP contribution is 2.33. The van der Waals surface area contributed by atoms with Gasteiger partial charge in [-0.15, -0.1) is 11.3 Å². The third-order valence-electron chi connectivity index (χ3n) is 8.13. The Morgan fingerprint density at radius 2 is 1.67 bits per heavy atom. The van der Waals surface area contributed by atoms with E-state index in [9.17, 15) is 14.9 Å². The zero-order chi connectivity index (χ0) is 32.0. The Morgan fingerprint density at radius 1 is 0.935 bits per heavy atom. The molecule has 12 nitrogen and oxygen atoms in total. The maximum atomic E-state index is 13.4. The lowest BCUT2D eigenvalue weighted by atomic mass is 10.1. The molecular formula is C33H35N5O7S. The highest BCUT2D eigenvalue weighted by Gasteiger charge is 2.25. The fourth-order valence-corrected chi connectivity index (χ4v) is 6.43. The molecule has 6 rings (SSSR count). The number of non-ortho nitro benzene ring substituents is 1. The Morgan fingerprint density at radius 3 is 2.41 bits per heavy atom. The van der Waals surface area contributed by atoms with Crippen molar-refractivity contribution in [3.63, 3.8) is 0 Å². The normalized spacial score (nSPS) is 14.1. The Bertz CT molecular complexity index is 1690. The molecule has 1 amide bonds. The van der Waals surface area contributed by atoms with Gasteiger partial charge in [0.2, 0.25) is 6.79 Å². The molecule has 13 heteroatoms. The lowest BCUT2D eigenvalue weighted by Gasteiger charge is -2.35. The van der Waals surface area contributed by atoms with Crippen molar-refractivity contribution < 1.29 is 28.7 Å². The summed E-state index contributed by atoms with van der Waals surface area (Å²) in [6, 6.07) is 18.5. The average molecular weight is 646 g/mol. The molecule has 1 saturated heterocycles. The quantitative estimate of drug-likeness (QED) is 0.154. The molecule has 1 aromatic heterocycles. The van der Waals surface area contributed by atoms with Crippen LogP contribution in [0.25, 0.3) is 0 Å². The maximum absolute atomic E-state index is 13.4. The predicted molar refractivity (Wildman–Crippen MR) is 173 cm³/mol. The third-order valence-corrected chi connectivity index (χ3v) is 8.96. The van der Waals surface area contributed by atoms with Crippen LogP contribution >= 0.6 is 11.3 Å². The summed E-state index contributed by atoms with van der Waals surface area (Å²) in [6.45, 7) is 4.58. The number of nitro benzene ring substituents is 1. The van der Waals surface area contributed by atoms with Crippen LogP contribution in [-0.2, 0) is 19.5 Å². The van der Waals surface area contributed by atoms with Gasteiger partial charge in [0.1, 0.15) is 10.7 Å². The van der Waals surface area contributed by atoms with Gasteiger partial charge < -0.3 is 28.7 Å². The number of rotatable bonds is 12. The van der Waals surface area contributed by atoms with E-state index in [1.54, 1.807) is 26.4 Å². The van der Waals surface area contributed by atoms with Gasteiger partial charge in [-0.2, -0.15) is 0 Å². The first-order chi connectivity index (χ1) is 22.4. The van der Waals surface area contributed by atoms with Crippen molar-refractivity contribution in [3.8, 4) is 23.0 Å². The van der Waals surface area contributed by atoms with Crippen LogP contribution in [0.15, 0.2) is 66.0 Å². The SMILES string of the molecule is COc1ccc(CCN(Cc2ccc3c(c2)OCO3)Cc2nc(C(=O)N3CCN(c4ccc([N+](=O)[O-])cc4)CC3)cs2)cc1OC. The van der Waals surface area contributed by atoms with Gasteiger partial charge in [-0.05, 0) is 53.9 Å². The molecule has 0 radical (unpaired) electrons. The molecule has 0 atom stereocenters. The number of amides is 1. The number of thiazole rings is 1. The molecule has 240 valence electrons. The smallest absolute Gasteiger partial charge is 0.273 e. The van der Waals surface area contributed by atoms with E-state index in [-0.39, 0.29) is 18.4 Å². The van der Waals surface area contributed by atoms with Crippen molar-refractivity contribution in [2.24, 2.45) is 0 Å². The monoisotopic (exact) mass is 645 g/mol. The van der Waals surface area contributed by atoms with E-state index >= 15 is 0 Å². The first-order valence-corrected chi connectivity index (χ1v) is 15.8. The van der Waals surface area contributed by atoms with Crippen LogP contribution in [0, 0.1) is 10.1 Å². The van der Waals surface area contributed by atoms with Crippen LogP contribution in [0.2, 0.25) is 0 Å². The first kappa shape index (κ1) is 31.1. The number of nitrogens with zero attached hydrogens (tertiary/aromatic N) is 5. The molecular weight excluding hydrogens is 610 g/mol. The number of carbonyl (C=O) groups is 1. The summed E-state index contributed by atoms with van der Waals surface area (Å²) in [4.78, 5) is 35.0. The number of carbonyl (C=O) groups excluding carboxylic acids is 1. The number of anilines is 1. The molecule has 0 unspecified atom stereocenters. The molecule has 0 N–H and O–H groups in total. The highest BCUT2D eigenvalue weighted by atomic mass is 32.1. The van der Waals surface area contributed by atoms with Gasteiger partial charge >= 0.3 is 0 Å². The van der Waals surface area contributed by atoms with Crippen molar-refractivity contribution in [1.82, 2.24) is 14.8 Å². The second-order valence-corrected chi connectivity index (χ2v) is 12.0. The van der Waals surface area contributed by atoms with Gasteiger partial charge in [0.05, 0.1) is 25.7 Å². The number of ether oxygens (including phenoxy) is 4. The van der Waals surface area contributed by atoms with Crippen LogP contribution in [0.4, 0.5) is 11.4 Å². The molecule has 4 aromatic rings. The summed E-state index contributed by atoms with van der Waals surface area (Å²) in [5.41, 5.74) is 3.63. The van der Waals surface area contributed by atoms with Crippen molar-refractivity contribution >= 4 is 28.6 Å². The number of piperazine rings is 1. The van der Waals surface area contributed by atoms with Crippen molar-refractivity contribution in [3.05, 3.63) is 98.0 Å². The molecule has 0 aliphatic carbocycles. The summed E-state index contributed by atoms with van der Waals surface area (Å²) in [5.74, 6) is 2.79. The predicted octanol–water partition coefficient (Wildman–Crippen LogP) is 5.00. The van der Waals surface area contributed by atoms with E-state index < -0.39 is 4.92 Å². The summed E-state index contributed by atoms with van der Waals surface area (Å²) in [7, 11) is 3.26. The second kappa shape index (κ2) is 14.0. The molecule has 1 fully saturated rings. The topological polar surface area (TPSA) is 120 Å². The van der Waals surface area contributed by atoms with E-state index in [1.165, 1.54) is 23.5 Å². The number of methoxy groups -OCH3 is 2. The molecule has 2 aliphatic rings. The van der Waals surface area contributed by atoms with Crippen LogP contribution in [0.5, 0.6) is 23.0 Å². The number of fused-ring (bicyclic) bond motifs is 1. The largest absolute Gasteiger partial charge is 0.493 e. The van der Waals surface area contributed by atoms with E-state index in [1.807, 2.05) is 46.7 Å². The Kier molecular flexibility index (Phi) is 9.50. The molecule has 46 heavy (non-hydrogen) atoms. The van der Waals surface area contributed by atoms with Crippen molar-refractivity contribution in [2.45, 2.75) is 19.5 Å². The van der Waals surface area contributed by atoms with E-state index in [0.29, 0.717) is 56.5 Å². The average Bonchev–Trinajstić information content (AvgIpc) is 3.76. The second-order valence-electron chi connectivity index (χ2n) is 11.0. The van der Waals surface area contributed by atoms with Crippen LogP contribution < -0.4 is 23.8 Å². The lowest BCUT2D eigenvalue weighted by molar-refractivity contribution is -0.384. The van der Waals surface area contributed by atoms with Crippen LogP contribution in [0.1, 0.15) is 26.6 Å². The number of hydrogen-bond acceptors (Lipinski definition) is 11. The minimum Gasteiger partial charge on any atom is -0.493 e. The van der Waals surface area contributed by atoms with Gasteiger partial charge in [0.15, 0.2) is 23.0 Å². The maximum Gasteiger partial charge on any atom is 0.273 e. The molecule has 2 aliphatic heterocycles. The van der Waals surface area contributed by atoms with Gasteiger partial charge in [-0.25, -0.2) is 4.98 Å². The summed E-state index contributed by atoms with van der Waals surface area (Å²) < 4.78 is 22.0. The summed E-state index contributed by atoms with van der Waals surface area (Å²) >= 11 is 1.49. The fraction of sp³-hybridized carbons (Fsp3) is 0.333. The van der Waals surface area contributed by atoms with E-state index in [4.69, 9.17) is 23.9 Å². The number of hydrogen-bond donors (Lipinski definition) is 0.